The van der Waals surface area contributed by atoms with Crippen molar-refractivity contribution in [3.63, 3.8) is 0 Å². The molecule has 15 heavy (non-hydrogen) atoms. The number of carbonyl (C=O) groups is 1. The molecule has 3 heteroatoms. The molecule has 3 nitrogen and oxygen atoms in total. The number of amides is 1. The summed E-state index contributed by atoms with van der Waals surface area (Å²) >= 11 is 0. The predicted molar refractivity (Wildman–Crippen MR) is 60.2 cm³/mol. The van der Waals surface area contributed by atoms with E-state index in [-0.39, 0.29) is 5.91 Å². The average molecular weight is 208 g/mol. The van der Waals surface area contributed by atoms with Crippen molar-refractivity contribution in [2.75, 3.05) is 6.54 Å². The Morgan fingerprint density at radius 3 is 2.73 bits per heavy atom. The SMILES string of the molecule is C=CCC(N)C(=O)NCC1(C2CC2)CC1. The fraction of sp³-hybridized carbons (Fsp3) is 0.750. The van der Waals surface area contributed by atoms with Crippen molar-refractivity contribution in [2.24, 2.45) is 17.1 Å². The molecule has 0 spiro atoms. The fourth-order valence-corrected chi connectivity index (χ4v) is 2.27. The zero-order chi connectivity index (χ0) is 10.9. The molecule has 0 aliphatic heterocycles. The molecule has 1 unspecified atom stereocenters. The van der Waals surface area contributed by atoms with Crippen LogP contribution in [-0.2, 0) is 4.79 Å². The highest BCUT2D eigenvalue weighted by Gasteiger charge is 2.53. The summed E-state index contributed by atoms with van der Waals surface area (Å²) in [5, 5.41) is 2.98. The van der Waals surface area contributed by atoms with Crippen LogP contribution in [0.1, 0.15) is 32.1 Å². The van der Waals surface area contributed by atoms with Crippen molar-refractivity contribution >= 4 is 5.91 Å². The van der Waals surface area contributed by atoms with Crippen LogP contribution < -0.4 is 11.1 Å². The number of nitrogens with two attached hydrogens (primary N) is 1. The second-order valence-electron chi connectivity index (χ2n) is 4.99. The Kier molecular flexibility index (Phi) is 2.83. The Bertz CT molecular complexity index is 267. The number of nitrogens with one attached hydrogen (secondary N) is 1. The molecule has 3 N–H and O–H groups in total. The summed E-state index contributed by atoms with van der Waals surface area (Å²) in [6.07, 6.45) is 7.53. The Balaban J connectivity index is 1.73. The minimum absolute atomic E-state index is 0.0261. The summed E-state index contributed by atoms with van der Waals surface area (Å²) in [7, 11) is 0. The van der Waals surface area contributed by atoms with E-state index in [4.69, 9.17) is 5.73 Å². The molecule has 0 aromatic rings. The van der Waals surface area contributed by atoms with Crippen LogP contribution in [0.3, 0.4) is 0 Å². The van der Waals surface area contributed by atoms with Crippen LogP contribution in [0.15, 0.2) is 12.7 Å². The molecule has 0 heterocycles. The van der Waals surface area contributed by atoms with E-state index in [1.807, 2.05) is 0 Å². The van der Waals surface area contributed by atoms with Gasteiger partial charge in [0.05, 0.1) is 6.04 Å². The third kappa shape index (κ3) is 2.40. The number of carbonyl (C=O) groups excluding carboxylic acids is 1. The smallest absolute Gasteiger partial charge is 0.237 e. The molecule has 0 aromatic heterocycles. The van der Waals surface area contributed by atoms with E-state index < -0.39 is 6.04 Å². The number of hydrogen-bond acceptors (Lipinski definition) is 2. The molecule has 0 radical (unpaired) electrons. The van der Waals surface area contributed by atoms with Gasteiger partial charge in [-0.2, -0.15) is 0 Å². The van der Waals surface area contributed by atoms with E-state index in [1.54, 1.807) is 6.08 Å². The van der Waals surface area contributed by atoms with Crippen LogP contribution in [0, 0.1) is 11.3 Å². The standard InChI is InChI=1S/C12H20N2O/c1-2-3-10(13)11(15)14-8-12(6-7-12)9-4-5-9/h2,9-10H,1,3-8,13H2,(H,14,15). The zero-order valence-corrected chi connectivity index (χ0v) is 9.17. The molecular formula is C12H20N2O. The first-order chi connectivity index (χ1) is 7.18. The Hall–Kier alpha value is -0.830. The van der Waals surface area contributed by atoms with Crippen LogP contribution >= 0.6 is 0 Å². The topological polar surface area (TPSA) is 55.1 Å². The molecule has 2 aliphatic carbocycles. The molecule has 2 fully saturated rings. The molecule has 0 saturated heterocycles. The molecule has 0 bridgehead atoms. The lowest BCUT2D eigenvalue weighted by Crippen LogP contribution is -2.42. The summed E-state index contributed by atoms with van der Waals surface area (Å²) < 4.78 is 0. The van der Waals surface area contributed by atoms with Crippen molar-refractivity contribution in [3.05, 3.63) is 12.7 Å². The predicted octanol–water partition coefficient (Wildman–Crippen LogP) is 1.20. The second-order valence-corrected chi connectivity index (χ2v) is 4.99. The highest BCUT2D eigenvalue weighted by atomic mass is 16.2. The average Bonchev–Trinajstić information content (AvgIpc) is 3.04. The normalized spacial score (nSPS) is 24.3. The number of hydrogen-bond donors (Lipinski definition) is 2. The monoisotopic (exact) mass is 208 g/mol. The zero-order valence-electron chi connectivity index (χ0n) is 9.17. The van der Waals surface area contributed by atoms with Crippen LogP contribution in [0.25, 0.3) is 0 Å². The van der Waals surface area contributed by atoms with Crippen LogP contribution in [0.5, 0.6) is 0 Å². The van der Waals surface area contributed by atoms with Crippen molar-refractivity contribution in [3.8, 4) is 0 Å². The van der Waals surface area contributed by atoms with Gasteiger partial charge in [-0.3, -0.25) is 4.79 Å². The van der Waals surface area contributed by atoms with Crippen molar-refractivity contribution in [1.82, 2.24) is 5.32 Å². The Morgan fingerprint density at radius 1 is 1.60 bits per heavy atom. The summed E-state index contributed by atoms with van der Waals surface area (Å²) in [5.41, 5.74) is 6.15. The van der Waals surface area contributed by atoms with Crippen LogP contribution in [0.2, 0.25) is 0 Å². The summed E-state index contributed by atoms with van der Waals surface area (Å²) in [4.78, 5) is 11.6. The summed E-state index contributed by atoms with van der Waals surface area (Å²) in [5.74, 6) is 0.857. The highest BCUT2D eigenvalue weighted by molar-refractivity contribution is 5.81. The minimum atomic E-state index is -0.419. The van der Waals surface area contributed by atoms with Crippen LogP contribution in [-0.4, -0.2) is 18.5 Å². The van der Waals surface area contributed by atoms with E-state index in [0.29, 0.717) is 11.8 Å². The highest BCUT2D eigenvalue weighted by Crippen LogP contribution is 2.60. The molecule has 1 amide bonds. The lowest BCUT2D eigenvalue weighted by Gasteiger charge is -2.17. The first-order valence-electron chi connectivity index (χ1n) is 5.82. The summed E-state index contributed by atoms with van der Waals surface area (Å²) in [6.45, 7) is 4.42. The fourth-order valence-electron chi connectivity index (χ4n) is 2.27. The van der Waals surface area contributed by atoms with E-state index >= 15 is 0 Å². The lowest BCUT2D eigenvalue weighted by molar-refractivity contribution is -0.122. The van der Waals surface area contributed by atoms with E-state index in [0.717, 1.165) is 12.5 Å². The molecule has 2 saturated carbocycles. The van der Waals surface area contributed by atoms with Gasteiger partial charge in [-0.25, -0.2) is 0 Å². The first kappa shape index (κ1) is 10.7. The molecule has 1 atom stereocenters. The molecule has 84 valence electrons. The van der Waals surface area contributed by atoms with Gasteiger partial charge in [0.1, 0.15) is 0 Å². The third-order valence-corrected chi connectivity index (χ3v) is 3.71. The number of rotatable bonds is 6. The van der Waals surface area contributed by atoms with Gasteiger partial charge in [-0.15, -0.1) is 6.58 Å². The maximum atomic E-state index is 11.6. The van der Waals surface area contributed by atoms with Gasteiger partial charge in [0.25, 0.3) is 0 Å². The van der Waals surface area contributed by atoms with Gasteiger partial charge < -0.3 is 11.1 Å². The molecule has 2 rings (SSSR count). The quantitative estimate of drug-likeness (QED) is 0.644. The van der Waals surface area contributed by atoms with Crippen molar-refractivity contribution in [2.45, 2.75) is 38.1 Å². The molecular weight excluding hydrogens is 188 g/mol. The van der Waals surface area contributed by atoms with Gasteiger partial charge in [0, 0.05) is 6.54 Å². The third-order valence-electron chi connectivity index (χ3n) is 3.71. The van der Waals surface area contributed by atoms with Gasteiger partial charge >= 0.3 is 0 Å². The van der Waals surface area contributed by atoms with Gasteiger partial charge in [-0.05, 0) is 43.4 Å². The first-order valence-corrected chi connectivity index (χ1v) is 5.82. The second kappa shape index (κ2) is 3.97. The van der Waals surface area contributed by atoms with Gasteiger partial charge in [0.15, 0.2) is 0 Å². The Labute approximate surface area is 91.1 Å². The summed E-state index contributed by atoms with van der Waals surface area (Å²) in [6, 6.07) is -0.419. The maximum absolute atomic E-state index is 11.6. The van der Waals surface area contributed by atoms with E-state index in [9.17, 15) is 4.79 Å². The lowest BCUT2D eigenvalue weighted by atomic mass is 10.0. The Morgan fingerprint density at radius 2 is 2.27 bits per heavy atom. The minimum Gasteiger partial charge on any atom is -0.354 e. The molecule has 2 aliphatic rings. The largest absolute Gasteiger partial charge is 0.354 e. The van der Waals surface area contributed by atoms with E-state index in [1.165, 1.54) is 25.7 Å². The van der Waals surface area contributed by atoms with Crippen molar-refractivity contribution in [1.29, 1.82) is 0 Å². The maximum Gasteiger partial charge on any atom is 0.237 e. The van der Waals surface area contributed by atoms with Crippen molar-refractivity contribution < 1.29 is 4.79 Å². The van der Waals surface area contributed by atoms with E-state index in [2.05, 4.69) is 11.9 Å². The van der Waals surface area contributed by atoms with Crippen LogP contribution in [0.4, 0.5) is 0 Å². The molecule has 0 aromatic carbocycles. The van der Waals surface area contributed by atoms with Gasteiger partial charge in [0.2, 0.25) is 5.91 Å². The van der Waals surface area contributed by atoms with Gasteiger partial charge in [-0.1, -0.05) is 6.08 Å².